The zero-order valence-electron chi connectivity index (χ0n) is 11.8. The molecule has 0 aliphatic carbocycles. The smallest absolute Gasteiger partial charge is 0.258 e. The van der Waals surface area contributed by atoms with Crippen molar-refractivity contribution in [3.8, 4) is 0 Å². The van der Waals surface area contributed by atoms with Crippen molar-refractivity contribution in [2.45, 2.75) is 0 Å². The molecule has 0 fully saturated rings. The van der Waals surface area contributed by atoms with Crippen LogP contribution in [0.25, 0.3) is 21.1 Å². The number of para-hydroxylation sites is 1. The Hall–Kier alpha value is -2.50. The van der Waals surface area contributed by atoms with Gasteiger partial charge in [0.05, 0.1) is 21.3 Å². The van der Waals surface area contributed by atoms with E-state index >= 15 is 0 Å². The molecule has 0 atom stereocenters. The Labute approximate surface area is 140 Å². The van der Waals surface area contributed by atoms with Gasteiger partial charge in [-0.25, -0.2) is 4.98 Å². The van der Waals surface area contributed by atoms with Crippen molar-refractivity contribution in [1.82, 2.24) is 9.97 Å². The molecular weight excluding hydrogens is 330 g/mol. The summed E-state index contributed by atoms with van der Waals surface area (Å²) in [4.78, 5) is 21.3. The Morgan fingerprint density at radius 3 is 2.87 bits per heavy atom. The summed E-state index contributed by atoms with van der Waals surface area (Å²) >= 11 is 7.38. The number of carbonyl (C=O) groups excluding carboxylic acids is 1. The van der Waals surface area contributed by atoms with Crippen molar-refractivity contribution in [3.05, 3.63) is 65.3 Å². The molecule has 0 unspecified atom stereocenters. The maximum absolute atomic E-state index is 12.6. The highest BCUT2D eigenvalue weighted by Crippen LogP contribution is 2.29. The van der Waals surface area contributed by atoms with Gasteiger partial charge in [0, 0.05) is 16.6 Å². The van der Waals surface area contributed by atoms with Crippen LogP contribution in [0.4, 0.5) is 5.13 Å². The highest BCUT2D eigenvalue weighted by molar-refractivity contribution is 7.22. The number of aromatic nitrogens is 2. The Balaban J connectivity index is 1.70. The second-order valence-electron chi connectivity index (χ2n) is 4.96. The molecule has 2 aromatic heterocycles. The molecule has 0 bridgehead atoms. The number of anilines is 1. The van der Waals surface area contributed by atoms with Gasteiger partial charge >= 0.3 is 0 Å². The van der Waals surface area contributed by atoms with Gasteiger partial charge in [0.2, 0.25) is 0 Å². The third-order valence-corrected chi connectivity index (χ3v) is 4.63. The van der Waals surface area contributed by atoms with Crippen LogP contribution in [0.15, 0.2) is 54.7 Å². The number of halogens is 1. The molecule has 1 N–H and O–H groups in total. The summed E-state index contributed by atoms with van der Waals surface area (Å²) in [5.41, 5.74) is 2.18. The quantitative estimate of drug-likeness (QED) is 0.573. The molecule has 0 saturated carbocycles. The van der Waals surface area contributed by atoms with E-state index in [1.54, 1.807) is 18.3 Å². The monoisotopic (exact) mass is 339 g/mol. The number of hydrogen-bond donors (Lipinski definition) is 1. The fraction of sp³-hybridized carbons (Fsp3) is 0. The molecule has 112 valence electrons. The van der Waals surface area contributed by atoms with Crippen molar-refractivity contribution in [3.63, 3.8) is 0 Å². The van der Waals surface area contributed by atoms with Gasteiger partial charge in [-0.1, -0.05) is 41.1 Å². The predicted molar refractivity (Wildman–Crippen MR) is 94.3 cm³/mol. The summed E-state index contributed by atoms with van der Waals surface area (Å²) in [6, 6.07) is 14.7. The lowest BCUT2D eigenvalue weighted by Crippen LogP contribution is -2.12. The van der Waals surface area contributed by atoms with Gasteiger partial charge in [-0.15, -0.1) is 0 Å². The van der Waals surface area contributed by atoms with Crippen LogP contribution in [0.2, 0.25) is 5.02 Å². The van der Waals surface area contributed by atoms with Gasteiger partial charge in [-0.3, -0.25) is 15.1 Å². The summed E-state index contributed by atoms with van der Waals surface area (Å²) in [7, 11) is 0. The van der Waals surface area contributed by atoms with Gasteiger partial charge in [0.1, 0.15) is 0 Å². The number of pyridine rings is 1. The largest absolute Gasteiger partial charge is 0.298 e. The molecule has 4 nitrogen and oxygen atoms in total. The zero-order valence-corrected chi connectivity index (χ0v) is 13.4. The molecule has 2 aromatic carbocycles. The summed E-state index contributed by atoms with van der Waals surface area (Å²) in [6.07, 6.45) is 1.63. The lowest BCUT2D eigenvalue weighted by Gasteiger charge is -2.05. The SMILES string of the molecule is O=C(Nc1nc2ccc(Cl)cc2s1)c1ccnc2ccccc12. The van der Waals surface area contributed by atoms with Crippen molar-refractivity contribution in [1.29, 1.82) is 0 Å². The lowest BCUT2D eigenvalue weighted by atomic mass is 10.1. The fourth-order valence-electron chi connectivity index (χ4n) is 2.41. The number of hydrogen-bond acceptors (Lipinski definition) is 4. The minimum atomic E-state index is -0.200. The van der Waals surface area contributed by atoms with E-state index in [1.165, 1.54) is 11.3 Å². The first-order valence-corrected chi connectivity index (χ1v) is 8.11. The molecule has 0 aliphatic heterocycles. The normalized spacial score (nSPS) is 11.0. The van der Waals surface area contributed by atoms with Crippen LogP contribution in [0.1, 0.15) is 10.4 Å². The fourth-order valence-corrected chi connectivity index (χ4v) is 3.55. The summed E-state index contributed by atoms with van der Waals surface area (Å²) in [5, 5.41) is 4.87. The van der Waals surface area contributed by atoms with Gasteiger partial charge in [-0.2, -0.15) is 0 Å². The second-order valence-corrected chi connectivity index (χ2v) is 6.43. The van der Waals surface area contributed by atoms with Crippen molar-refractivity contribution < 1.29 is 4.79 Å². The molecule has 0 aliphatic rings. The molecular formula is C17H10ClN3OS. The molecule has 6 heteroatoms. The van der Waals surface area contributed by atoms with E-state index < -0.39 is 0 Å². The van der Waals surface area contributed by atoms with E-state index in [-0.39, 0.29) is 5.91 Å². The van der Waals surface area contributed by atoms with Crippen LogP contribution in [-0.4, -0.2) is 15.9 Å². The van der Waals surface area contributed by atoms with E-state index in [2.05, 4.69) is 15.3 Å². The van der Waals surface area contributed by atoms with Crippen LogP contribution < -0.4 is 5.32 Å². The highest BCUT2D eigenvalue weighted by Gasteiger charge is 2.13. The minimum absolute atomic E-state index is 0.200. The molecule has 1 amide bonds. The Bertz CT molecular complexity index is 1040. The van der Waals surface area contributed by atoms with E-state index in [0.29, 0.717) is 15.7 Å². The number of amides is 1. The minimum Gasteiger partial charge on any atom is -0.298 e. The van der Waals surface area contributed by atoms with E-state index in [0.717, 1.165) is 21.1 Å². The first-order chi connectivity index (χ1) is 11.2. The summed E-state index contributed by atoms with van der Waals surface area (Å²) in [6.45, 7) is 0. The number of rotatable bonds is 2. The average Bonchev–Trinajstić information content (AvgIpc) is 2.95. The molecule has 23 heavy (non-hydrogen) atoms. The van der Waals surface area contributed by atoms with E-state index in [1.807, 2.05) is 36.4 Å². The molecule has 4 rings (SSSR count). The number of fused-ring (bicyclic) bond motifs is 2. The van der Waals surface area contributed by atoms with Crippen LogP contribution in [-0.2, 0) is 0 Å². The Kier molecular flexibility index (Phi) is 3.44. The number of nitrogens with one attached hydrogen (secondary N) is 1. The highest BCUT2D eigenvalue weighted by atomic mass is 35.5. The summed E-state index contributed by atoms with van der Waals surface area (Å²) in [5.74, 6) is -0.200. The van der Waals surface area contributed by atoms with Gasteiger partial charge in [0.25, 0.3) is 5.91 Å². The molecule has 2 heterocycles. The van der Waals surface area contributed by atoms with E-state index in [9.17, 15) is 4.79 Å². The molecule has 4 aromatic rings. The topological polar surface area (TPSA) is 54.9 Å². The molecule has 0 saturated heterocycles. The first-order valence-electron chi connectivity index (χ1n) is 6.92. The zero-order chi connectivity index (χ0) is 15.8. The Morgan fingerprint density at radius 2 is 1.96 bits per heavy atom. The maximum Gasteiger partial charge on any atom is 0.258 e. The Morgan fingerprint density at radius 1 is 1.09 bits per heavy atom. The van der Waals surface area contributed by atoms with Crippen molar-refractivity contribution in [2.24, 2.45) is 0 Å². The third-order valence-electron chi connectivity index (χ3n) is 3.46. The number of nitrogens with zero attached hydrogens (tertiary/aromatic N) is 2. The number of thiazole rings is 1. The third kappa shape index (κ3) is 2.65. The van der Waals surface area contributed by atoms with Gasteiger partial charge in [-0.05, 0) is 30.3 Å². The molecule has 0 radical (unpaired) electrons. The second kappa shape index (κ2) is 5.61. The van der Waals surface area contributed by atoms with Crippen LogP contribution >= 0.6 is 22.9 Å². The van der Waals surface area contributed by atoms with E-state index in [4.69, 9.17) is 11.6 Å². The predicted octanol–water partition coefficient (Wildman–Crippen LogP) is 4.75. The van der Waals surface area contributed by atoms with Crippen LogP contribution in [0.3, 0.4) is 0 Å². The van der Waals surface area contributed by atoms with Crippen molar-refractivity contribution in [2.75, 3.05) is 5.32 Å². The standard InChI is InChI=1S/C17H10ClN3OS/c18-10-5-6-14-15(9-10)23-17(20-14)21-16(22)12-7-8-19-13-4-2-1-3-11(12)13/h1-9H,(H,20,21,22). The van der Waals surface area contributed by atoms with Crippen LogP contribution in [0, 0.1) is 0 Å². The van der Waals surface area contributed by atoms with Gasteiger partial charge < -0.3 is 0 Å². The molecule has 0 spiro atoms. The van der Waals surface area contributed by atoms with Crippen molar-refractivity contribution >= 4 is 55.1 Å². The average molecular weight is 340 g/mol. The summed E-state index contributed by atoms with van der Waals surface area (Å²) < 4.78 is 0.937. The maximum atomic E-state index is 12.6. The lowest BCUT2D eigenvalue weighted by molar-refractivity contribution is 0.102. The van der Waals surface area contributed by atoms with Gasteiger partial charge in [0.15, 0.2) is 5.13 Å². The number of carbonyl (C=O) groups is 1. The number of benzene rings is 2. The first kappa shape index (κ1) is 14.1. The van der Waals surface area contributed by atoms with Crippen LogP contribution in [0.5, 0.6) is 0 Å².